The molecule has 0 aromatic carbocycles. The van der Waals surface area contributed by atoms with Crippen molar-refractivity contribution in [2.45, 2.75) is 37.6 Å². The Balaban J connectivity index is 2.07. The molecule has 56 valence electrons. The Morgan fingerprint density at radius 2 is 2.00 bits per heavy atom. The molecule has 2 heteroatoms. The van der Waals surface area contributed by atoms with E-state index in [0.29, 0.717) is 6.10 Å². The predicted molar refractivity (Wildman–Crippen MR) is 37.7 cm³/mol. The fraction of sp³-hybridized carbons (Fsp3) is 0.750. The SMILES string of the molecule is O[C@@H]1CC[C@H]2C=C[C@@H](C1)O2. The molecule has 1 fully saturated rings. The summed E-state index contributed by atoms with van der Waals surface area (Å²) < 4.78 is 5.52. The lowest BCUT2D eigenvalue weighted by Gasteiger charge is -2.08. The van der Waals surface area contributed by atoms with Gasteiger partial charge in [0.05, 0.1) is 18.3 Å². The molecule has 3 atom stereocenters. The molecule has 0 aromatic heterocycles. The predicted octanol–water partition coefficient (Wildman–Crippen LogP) is 0.855. The fourth-order valence-electron chi connectivity index (χ4n) is 1.60. The fourth-order valence-corrected chi connectivity index (χ4v) is 1.60. The van der Waals surface area contributed by atoms with Crippen molar-refractivity contribution in [1.82, 2.24) is 0 Å². The van der Waals surface area contributed by atoms with Crippen LogP contribution in [0.15, 0.2) is 12.2 Å². The van der Waals surface area contributed by atoms with Crippen molar-refractivity contribution in [3.63, 3.8) is 0 Å². The van der Waals surface area contributed by atoms with Gasteiger partial charge in [0.15, 0.2) is 0 Å². The third-order valence-corrected chi connectivity index (χ3v) is 2.18. The lowest BCUT2D eigenvalue weighted by molar-refractivity contribution is 0.0542. The molecule has 2 aliphatic rings. The molecule has 0 radical (unpaired) electrons. The molecule has 2 aliphatic heterocycles. The van der Waals surface area contributed by atoms with Crippen LogP contribution in [0.3, 0.4) is 0 Å². The van der Waals surface area contributed by atoms with Crippen LogP contribution in [0, 0.1) is 0 Å². The maximum atomic E-state index is 9.30. The zero-order valence-electron chi connectivity index (χ0n) is 5.86. The van der Waals surface area contributed by atoms with E-state index >= 15 is 0 Å². The molecular formula is C8H12O2. The second kappa shape index (κ2) is 2.36. The Labute approximate surface area is 60.5 Å². The second-order valence-electron chi connectivity index (χ2n) is 3.06. The standard InChI is InChI=1S/C8H12O2/c9-6-1-2-7-3-4-8(5-6)10-7/h3-4,6-9H,1-2,5H2/t6-,7+,8+/m1/s1. The van der Waals surface area contributed by atoms with Crippen LogP contribution in [0.5, 0.6) is 0 Å². The summed E-state index contributed by atoms with van der Waals surface area (Å²) >= 11 is 0. The normalized spacial score (nSPS) is 45.5. The highest BCUT2D eigenvalue weighted by atomic mass is 16.5. The maximum absolute atomic E-state index is 9.30. The molecule has 0 aromatic rings. The van der Waals surface area contributed by atoms with Gasteiger partial charge < -0.3 is 9.84 Å². The van der Waals surface area contributed by atoms with Gasteiger partial charge in [-0.05, 0) is 12.8 Å². The van der Waals surface area contributed by atoms with E-state index in [1.807, 2.05) is 0 Å². The van der Waals surface area contributed by atoms with Crippen LogP contribution in [0.1, 0.15) is 19.3 Å². The first kappa shape index (κ1) is 6.38. The molecule has 2 nitrogen and oxygen atoms in total. The zero-order chi connectivity index (χ0) is 6.97. The minimum atomic E-state index is -0.139. The van der Waals surface area contributed by atoms with Gasteiger partial charge >= 0.3 is 0 Å². The van der Waals surface area contributed by atoms with E-state index in [1.54, 1.807) is 0 Å². The highest BCUT2D eigenvalue weighted by Gasteiger charge is 2.26. The van der Waals surface area contributed by atoms with E-state index in [-0.39, 0.29) is 12.2 Å². The smallest absolute Gasteiger partial charge is 0.0789 e. The number of ether oxygens (including phenoxy) is 1. The molecule has 10 heavy (non-hydrogen) atoms. The second-order valence-corrected chi connectivity index (χ2v) is 3.06. The summed E-state index contributed by atoms with van der Waals surface area (Å²) in [5.74, 6) is 0. The van der Waals surface area contributed by atoms with E-state index in [0.717, 1.165) is 19.3 Å². The third-order valence-electron chi connectivity index (χ3n) is 2.18. The molecule has 0 saturated carbocycles. The summed E-state index contributed by atoms with van der Waals surface area (Å²) in [6, 6.07) is 0. The molecule has 2 rings (SSSR count). The summed E-state index contributed by atoms with van der Waals surface area (Å²) in [6.07, 6.45) is 7.18. The van der Waals surface area contributed by atoms with Crippen LogP contribution >= 0.6 is 0 Å². The van der Waals surface area contributed by atoms with E-state index in [2.05, 4.69) is 12.2 Å². The quantitative estimate of drug-likeness (QED) is 0.505. The first-order valence-corrected chi connectivity index (χ1v) is 3.86. The largest absolute Gasteiger partial charge is 0.393 e. The molecule has 0 spiro atoms. The van der Waals surface area contributed by atoms with Crippen molar-refractivity contribution < 1.29 is 9.84 Å². The lowest BCUT2D eigenvalue weighted by Crippen LogP contribution is -2.13. The van der Waals surface area contributed by atoms with Gasteiger partial charge in [0.1, 0.15) is 0 Å². The van der Waals surface area contributed by atoms with E-state index in [1.165, 1.54) is 0 Å². The lowest BCUT2D eigenvalue weighted by atomic mass is 10.0. The van der Waals surface area contributed by atoms with Crippen LogP contribution in [-0.4, -0.2) is 23.4 Å². The van der Waals surface area contributed by atoms with E-state index in [4.69, 9.17) is 4.74 Å². The number of aliphatic hydroxyl groups is 1. The van der Waals surface area contributed by atoms with Crippen molar-refractivity contribution >= 4 is 0 Å². The van der Waals surface area contributed by atoms with Gasteiger partial charge in [-0.25, -0.2) is 0 Å². The number of aliphatic hydroxyl groups excluding tert-OH is 1. The van der Waals surface area contributed by atoms with Gasteiger partial charge in [-0.15, -0.1) is 0 Å². The molecule has 1 N–H and O–H groups in total. The van der Waals surface area contributed by atoms with Gasteiger partial charge in [0.25, 0.3) is 0 Å². The first-order chi connectivity index (χ1) is 4.84. The highest BCUT2D eigenvalue weighted by molar-refractivity contribution is 5.04. The summed E-state index contributed by atoms with van der Waals surface area (Å²) in [5, 5.41) is 9.30. The number of hydrogen-bond acceptors (Lipinski definition) is 2. The summed E-state index contributed by atoms with van der Waals surface area (Å²) in [5.41, 5.74) is 0. The zero-order valence-corrected chi connectivity index (χ0v) is 5.86. The van der Waals surface area contributed by atoms with Crippen LogP contribution < -0.4 is 0 Å². The number of hydrogen-bond donors (Lipinski definition) is 1. The van der Waals surface area contributed by atoms with Gasteiger partial charge in [-0.1, -0.05) is 12.2 Å². The molecule has 2 heterocycles. The minimum absolute atomic E-state index is 0.139. The summed E-state index contributed by atoms with van der Waals surface area (Å²) in [4.78, 5) is 0. The topological polar surface area (TPSA) is 29.5 Å². The first-order valence-electron chi connectivity index (χ1n) is 3.86. The molecule has 1 saturated heterocycles. The highest BCUT2D eigenvalue weighted by Crippen LogP contribution is 2.25. The Morgan fingerprint density at radius 3 is 2.90 bits per heavy atom. The molecule has 0 aliphatic carbocycles. The number of rotatable bonds is 0. The molecule has 0 unspecified atom stereocenters. The summed E-state index contributed by atoms with van der Waals surface area (Å²) in [7, 11) is 0. The Morgan fingerprint density at radius 1 is 1.20 bits per heavy atom. The van der Waals surface area contributed by atoms with Crippen molar-refractivity contribution in [2.24, 2.45) is 0 Å². The Hall–Kier alpha value is -0.340. The van der Waals surface area contributed by atoms with Gasteiger partial charge in [-0.3, -0.25) is 0 Å². The van der Waals surface area contributed by atoms with Crippen LogP contribution in [0.25, 0.3) is 0 Å². The third kappa shape index (κ3) is 1.09. The summed E-state index contributed by atoms with van der Waals surface area (Å²) in [6.45, 7) is 0. The van der Waals surface area contributed by atoms with Crippen molar-refractivity contribution in [2.75, 3.05) is 0 Å². The van der Waals surface area contributed by atoms with Crippen LogP contribution in [0.4, 0.5) is 0 Å². The maximum Gasteiger partial charge on any atom is 0.0789 e. The molecule has 2 bridgehead atoms. The van der Waals surface area contributed by atoms with Crippen LogP contribution in [0.2, 0.25) is 0 Å². The molecular weight excluding hydrogens is 128 g/mol. The monoisotopic (exact) mass is 140 g/mol. The van der Waals surface area contributed by atoms with Crippen LogP contribution in [-0.2, 0) is 4.74 Å². The van der Waals surface area contributed by atoms with Gasteiger partial charge in [0.2, 0.25) is 0 Å². The van der Waals surface area contributed by atoms with E-state index < -0.39 is 0 Å². The average Bonchev–Trinajstić information content (AvgIpc) is 2.22. The van der Waals surface area contributed by atoms with Crippen molar-refractivity contribution in [3.05, 3.63) is 12.2 Å². The Bertz CT molecular complexity index is 153. The Kier molecular flexibility index (Phi) is 1.51. The minimum Gasteiger partial charge on any atom is -0.393 e. The average molecular weight is 140 g/mol. The molecule has 0 amide bonds. The van der Waals surface area contributed by atoms with Crippen molar-refractivity contribution in [3.8, 4) is 0 Å². The van der Waals surface area contributed by atoms with Gasteiger partial charge in [0, 0.05) is 6.42 Å². The van der Waals surface area contributed by atoms with E-state index in [9.17, 15) is 5.11 Å². The number of fused-ring (bicyclic) bond motifs is 2. The van der Waals surface area contributed by atoms with Gasteiger partial charge in [-0.2, -0.15) is 0 Å². The van der Waals surface area contributed by atoms with Crippen molar-refractivity contribution in [1.29, 1.82) is 0 Å².